The van der Waals surface area contributed by atoms with Gasteiger partial charge in [-0.1, -0.05) is 96.9 Å². The number of benzene rings is 2. The van der Waals surface area contributed by atoms with Crippen LogP contribution in [0.3, 0.4) is 0 Å². The molecule has 1 aliphatic heterocycles. The molecule has 0 saturated heterocycles. The number of anilines is 2. The first kappa shape index (κ1) is 42.9. The molecule has 2 aromatic carbocycles. The molecule has 0 saturated carbocycles. The normalized spacial score (nSPS) is 14.7. The van der Waals surface area contributed by atoms with E-state index in [9.17, 15) is 0 Å². The molecule has 6 heteroatoms. The molecule has 0 aliphatic carbocycles. The van der Waals surface area contributed by atoms with Crippen molar-refractivity contribution in [3.8, 4) is 0 Å². The summed E-state index contributed by atoms with van der Waals surface area (Å²) in [6.45, 7) is 27.0. The molecule has 0 spiro atoms. The van der Waals surface area contributed by atoms with E-state index >= 15 is 0 Å². The van der Waals surface area contributed by atoms with Crippen LogP contribution >= 0.6 is 0 Å². The van der Waals surface area contributed by atoms with Gasteiger partial charge >= 0.3 is 0 Å². The first-order valence-electron chi connectivity index (χ1n) is 16.5. The fourth-order valence-electron chi connectivity index (χ4n) is 5.33. The fraction of sp³-hybridized carbons (Fsp3) is 0.538. The Labute approximate surface area is 296 Å². The zero-order valence-electron chi connectivity index (χ0n) is 31.5. The van der Waals surface area contributed by atoms with Crippen molar-refractivity contribution in [1.29, 1.82) is 0 Å². The first-order valence-corrected chi connectivity index (χ1v) is 16.5. The smallest absolute Gasteiger partial charge is 0.0572 e. The Morgan fingerprint density at radius 1 is 0.600 bits per heavy atom. The van der Waals surface area contributed by atoms with Crippen LogP contribution in [-0.2, 0) is 26.2 Å². The molecule has 1 heterocycles. The van der Waals surface area contributed by atoms with Crippen molar-refractivity contribution in [2.75, 3.05) is 38.8 Å². The first-order chi connectivity index (χ1) is 20.6. The van der Waals surface area contributed by atoms with E-state index in [0.717, 1.165) is 17.8 Å². The summed E-state index contributed by atoms with van der Waals surface area (Å²) in [5.74, 6) is 1.80. The minimum Gasteiger partial charge on any atom is -0.357 e. The molecule has 0 atom stereocenters. The standard InChI is InChI=1S/C35H51N3.2C2H7N.Zr/c1-20(2)28-16-24(9)17-29(21(3)4)34(28)36-26(11)32-14-13-15-33(38-32)27(12)37-35-30(22(5)6)18-25(10)19-31(35)23(7)8;2*1-3-2;/h13-14,16-23,36-38H,15H2,1-12H3;2*3H,1-2H3;. The molecule has 2 aromatic rings. The molecule has 250 valence electrons. The molecule has 0 unspecified atom stereocenters. The van der Waals surface area contributed by atoms with Gasteiger partial charge in [-0.3, -0.25) is 0 Å². The summed E-state index contributed by atoms with van der Waals surface area (Å²) >= 11 is 0. The molecule has 5 nitrogen and oxygen atoms in total. The maximum Gasteiger partial charge on any atom is 0.0572 e. The van der Waals surface area contributed by atoms with E-state index in [4.69, 9.17) is 0 Å². The fourth-order valence-corrected chi connectivity index (χ4v) is 5.33. The van der Waals surface area contributed by atoms with Crippen molar-refractivity contribution in [1.82, 2.24) is 16.0 Å². The van der Waals surface area contributed by atoms with Crippen LogP contribution in [-0.4, -0.2) is 28.2 Å². The van der Waals surface area contributed by atoms with Crippen LogP contribution in [0.5, 0.6) is 0 Å². The van der Waals surface area contributed by atoms with Gasteiger partial charge in [-0.25, -0.2) is 0 Å². The van der Waals surface area contributed by atoms with E-state index in [-0.39, 0.29) is 26.2 Å². The Kier molecular flexibility index (Phi) is 19.9. The van der Waals surface area contributed by atoms with Crippen LogP contribution in [0.4, 0.5) is 11.4 Å². The van der Waals surface area contributed by atoms with Gasteiger partial charge in [0.1, 0.15) is 0 Å². The molecule has 3 rings (SSSR count). The van der Waals surface area contributed by atoms with Crippen LogP contribution in [0, 0.1) is 13.8 Å². The second-order valence-corrected chi connectivity index (χ2v) is 13.4. The molecular formula is C39H65N5Zr. The Balaban J connectivity index is 0.00000256. The van der Waals surface area contributed by atoms with Gasteiger partial charge in [0.15, 0.2) is 0 Å². The monoisotopic (exact) mass is 693 g/mol. The van der Waals surface area contributed by atoms with Crippen molar-refractivity contribution in [3.05, 3.63) is 92.6 Å². The third-order valence-corrected chi connectivity index (χ3v) is 7.55. The van der Waals surface area contributed by atoms with Crippen LogP contribution in [0.15, 0.2) is 59.2 Å². The van der Waals surface area contributed by atoms with Gasteiger partial charge in [0.2, 0.25) is 0 Å². The van der Waals surface area contributed by atoms with Crippen LogP contribution < -0.4 is 26.6 Å². The zero-order valence-corrected chi connectivity index (χ0v) is 33.9. The number of nitrogens with one attached hydrogen (secondary N) is 5. The minimum absolute atomic E-state index is 0. The molecule has 0 fully saturated rings. The number of allylic oxidation sites excluding steroid dienone is 4. The van der Waals surface area contributed by atoms with Gasteiger partial charge in [0.05, 0.1) is 5.70 Å². The molecule has 0 radical (unpaired) electrons. The van der Waals surface area contributed by atoms with Crippen LogP contribution in [0.25, 0.3) is 0 Å². The van der Waals surface area contributed by atoms with E-state index < -0.39 is 0 Å². The number of hydrogen-bond acceptors (Lipinski definition) is 5. The van der Waals surface area contributed by atoms with Crippen molar-refractivity contribution >= 4 is 11.4 Å². The maximum atomic E-state index is 3.84. The van der Waals surface area contributed by atoms with Crippen molar-refractivity contribution in [3.63, 3.8) is 0 Å². The minimum atomic E-state index is 0. The third kappa shape index (κ3) is 12.9. The van der Waals surface area contributed by atoms with Crippen molar-refractivity contribution in [2.45, 2.75) is 113 Å². The number of hydrogen-bond donors (Lipinski definition) is 5. The largest absolute Gasteiger partial charge is 0.357 e. The van der Waals surface area contributed by atoms with E-state index in [1.165, 1.54) is 56.1 Å². The molecule has 0 bridgehead atoms. The summed E-state index contributed by atoms with van der Waals surface area (Å²) < 4.78 is 0. The van der Waals surface area contributed by atoms with Gasteiger partial charge in [0.25, 0.3) is 0 Å². The molecule has 0 amide bonds. The van der Waals surface area contributed by atoms with Crippen molar-refractivity contribution < 1.29 is 26.2 Å². The van der Waals surface area contributed by atoms with Gasteiger partial charge in [-0.2, -0.15) is 0 Å². The zero-order chi connectivity index (χ0) is 33.7. The van der Waals surface area contributed by atoms with E-state index in [1.54, 1.807) is 0 Å². The predicted molar refractivity (Wildman–Crippen MR) is 198 cm³/mol. The molecule has 0 aromatic heterocycles. The summed E-state index contributed by atoms with van der Waals surface area (Å²) in [5, 5.41) is 16.9. The second kappa shape index (κ2) is 20.9. The topological polar surface area (TPSA) is 60.1 Å². The van der Waals surface area contributed by atoms with Gasteiger partial charge in [-0.05, 0) is 108 Å². The Bertz CT molecular complexity index is 1240. The second-order valence-electron chi connectivity index (χ2n) is 13.4. The van der Waals surface area contributed by atoms with E-state index in [1.807, 2.05) is 28.2 Å². The quantitative estimate of drug-likeness (QED) is 0.191. The van der Waals surface area contributed by atoms with Gasteiger partial charge in [-0.15, -0.1) is 0 Å². The summed E-state index contributed by atoms with van der Waals surface area (Å²) in [5.41, 5.74) is 15.4. The molecule has 5 N–H and O–H groups in total. The molecular weight excluding hydrogens is 630 g/mol. The Hall–Kier alpha value is -2.14. The summed E-state index contributed by atoms with van der Waals surface area (Å²) in [6.07, 6.45) is 5.36. The summed E-state index contributed by atoms with van der Waals surface area (Å²) in [4.78, 5) is 0. The third-order valence-electron chi connectivity index (χ3n) is 7.55. The SMILES string of the molecule is CC(Nc1c(C(C)C)cc(C)cc1C(C)C)=C1C=CCC(=C(C)Nc2c(C(C)C)cc(C)cc2C(C)C)N1.CNC.CNC.[Zr]. The average Bonchev–Trinajstić information content (AvgIpc) is 2.94. The van der Waals surface area contributed by atoms with E-state index in [2.05, 4.69) is 146 Å². The summed E-state index contributed by atoms with van der Waals surface area (Å²) in [7, 11) is 7.50. The summed E-state index contributed by atoms with van der Waals surface area (Å²) in [6, 6.07) is 9.34. The molecule has 1 aliphatic rings. The van der Waals surface area contributed by atoms with Gasteiger partial charge < -0.3 is 26.6 Å². The number of rotatable bonds is 8. The van der Waals surface area contributed by atoms with Crippen LogP contribution in [0.2, 0.25) is 0 Å². The molecule has 45 heavy (non-hydrogen) atoms. The van der Waals surface area contributed by atoms with Crippen LogP contribution in [0.1, 0.15) is 133 Å². The van der Waals surface area contributed by atoms with Gasteiger partial charge in [0, 0.05) is 61.1 Å². The van der Waals surface area contributed by atoms with Crippen molar-refractivity contribution in [2.24, 2.45) is 0 Å². The number of aryl methyl sites for hydroxylation is 2. The Morgan fingerprint density at radius 2 is 0.911 bits per heavy atom. The Morgan fingerprint density at radius 3 is 1.22 bits per heavy atom. The average molecular weight is 695 g/mol. The van der Waals surface area contributed by atoms with E-state index in [0.29, 0.717) is 23.7 Å². The maximum absolute atomic E-state index is 3.84. The predicted octanol–water partition coefficient (Wildman–Crippen LogP) is 10.0.